The Labute approximate surface area is 151 Å². The van der Waals surface area contributed by atoms with E-state index in [9.17, 15) is 17.8 Å². The molecular weight excluding hydrogens is 301 g/mol. The van der Waals surface area contributed by atoms with Gasteiger partial charge in [-0.3, -0.25) is 4.79 Å². The van der Waals surface area contributed by atoms with Gasteiger partial charge in [-0.15, -0.1) is 0 Å². The summed E-state index contributed by atoms with van der Waals surface area (Å²) in [7, 11) is -2.39. The third-order valence-electron chi connectivity index (χ3n) is 3.31. The molecule has 0 atom stereocenters. The summed E-state index contributed by atoms with van der Waals surface area (Å²) in [5.41, 5.74) is 0. The zero-order chi connectivity index (χ0) is 15.4. The van der Waals surface area contributed by atoms with Crippen LogP contribution < -0.4 is 29.6 Å². The largest absolute Gasteiger partial charge is 1.00 e. The van der Waals surface area contributed by atoms with Crippen LogP contribution in [0.5, 0.6) is 0 Å². The van der Waals surface area contributed by atoms with E-state index in [0.29, 0.717) is 25.8 Å². The van der Waals surface area contributed by atoms with Crippen LogP contribution in [0.2, 0.25) is 0 Å². The van der Waals surface area contributed by atoms with Crippen LogP contribution in [0.4, 0.5) is 0 Å². The predicted molar refractivity (Wildman–Crippen MR) is 79.4 cm³/mol. The molecule has 0 unspecified atom stereocenters. The maximum atomic E-state index is 11.8. The minimum absolute atomic E-state index is 0. The van der Waals surface area contributed by atoms with Crippen molar-refractivity contribution in [1.82, 2.24) is 4.90 Å². The molecule has 0 aromatic heterocycles. The Hall–Kier alpha value is 0.380. The van der Waals surface area contributed by atoms with Gasteiger partial charge in [-0.25, -0.2) is 8.42 Å². The first kappa shape index (κ1) is 23.6. The summed E-state index contributed by atoms with van der Waals surface area (Å²) >= 11 is 0. The third kappa shape index (κ3) is 16.6. The van der Waals surface area contributed by atoms with Gasteiger partial charge in [0.1, 0.15) is 0 Å². The molecule has 0 spiro atoms. The average molecular weight is 329 g/mol. The molecule has 0 bridgehead atoms. The number of unbranched alkanes of at least 4 members (excludes halogenated alkanes) is 6. The maximum absolute atomic E-state index is 11.8. The van der Waals surface area contributed by atoms with Crippen molar-refractivity contribution >= 4 is 16.0 Å². The molecule has 0 saturated carbocycles. The van der Waals surface area contributed by atoms with E-state index in [1.165, 1.54) is 25.7 Å². The van der Waals surface area contributed by atoms with Crippen molar-refractivity contribution in [2.45, 2.75) is 64.7 Å². The summed E-state index contributed by atoms with van der Waals surface area (Å²) in [5.74, 6) is -0.239. The standard InChI is InChI=1S/C14H29NO4S.Na/c1-3-4-5-6-7-8-11-14(16)15(2)12-9-10-13-20(17,18)19;/h3-13H2,1-2H3,(H,17,18,19);/q;+1/p-1. The first-order valence-corrected chi connectivity index (χ1v) is 9.12. The third-order valence-corrected chi connectivity index (χ3v) is 4.10. The first-order valence-electron chi connectivity index (χ1n) is 7.54. The second-order valence-electron chi connectivity index (χ2n) is 5.30. The van der Waals surface area contributed by atoms with Crippen LogP contribution in [0.15, 0.2) is 0 Å². The monoisotopic (exact) mass is 329 g/mol. The van der Waals surface area contributed by atoms with Crippen molar-refractivity contribution in [3.05, 3.63) is 0 Å². The maximum Gasteiger partial charge on any atom is 1.00 e. The fraction of sp³-hybridized carbons (Fsp3) is 0.929. The quantitative estimate of drug-likeness (QED) is 0.275. The van der Waals surface area contributed by atoms with Gasteiger partial charge in [0.25, 0.3) is 0 Å². The van der Waals surface area contributed by atoms with Gasteiger partial charge in [0, 0.05) is 25.8 Å². The van der Waals surface area contributed by atoms with E-state index in [1.54, 1.807) is 11.9 Å². The number of amides is 1. The van der Waals surface area contributed by atoms with Crippen LogP contribution >= 0.6 is 0 Å². The Morgan fingerprint density at radius 3 is 2.14 bits per heavy atom. The summed E-state index contributed by atoms with van der Waals surface area (Å²) in [4.78, 5) is 13.4. The number of carbonyl (C=O) groups excluding carboxylic acids is 1. The molecule has 21 heavy (non-hydrogen) atoms. The molecule has 1 amide bonds. The van der Waals surface area contributed by atoms with Gasteiger partial charge in [0.15, 0.2) is 0 Å². The minimum Gasteiger partial charge on any atom is -0.748 e. The summed E-state index contributed by atoms with van der Waals surface area (Å²) in [6.07, 6.45) is 8.35. The van der Waals surface area contributed by atoms with E-state index in [-0.39, 0.29) is 41.2 Å². The number of carbonyl (C=O) groups is 1. The molecule has 5 nitrogen and oxygen atoms in total. The molecule has 0 aliphatic rings. The Morgan fingerprint density at radius 1 is 1.00 bits per heavy atom. The van der Waals surface area contributed by atoms with E-state index in [0.717, 1.165) is 12.8 Å². The average Bonchev–Trinajstić information content (AvgIpc) is 2.37. The normalized spacial score (nSPS) is 11.0. The van der Waals surface area contributed by atoms with Gasteiger partial charge in [-0.1, -0.05) is 39.0 Å². The van der Waals surface area contributed by atoms with Gasteiger partial charge in [0.2, 0.25) is 5.91 Å². The molecule has 0 aliphatic heterocycles. The van der Waals surface area contributed by atoms with Crippen molar-refractivity contribution in [2.75, 3.05) is 19.3 Å². The fourth-order valence-electron chi connectivity index (χ4n) is 2.00. The van der Waals surface area contributed by atoms with Crippen LogP contribution in [-0.2, 0) is 14.9 Å². The van der Waals surface area contributed by atoms with Crippen molar-refractivity contribution < 1.29 is 47.3 Å². The molecule has 0 aliphatic carbocycles. The van der Waals surface area contributed by atoms with Crippen LogP contribution in [0.3, 0.4) is 0 Å². The van der Waals surface area contributed by atoms with Crippen molar-refractivity contribution in [3.8, 4) is 0 Å². The topological polar surface area (TPSA) is 77.5 Å². The van der Waals surface area contributed by atoms with Crippen molar-refractivity contribution in [2.24, 2.45) is 0 Å². The minimum atomic E-state index is -4.12. The molecule has 0 N–H and O–H groups in total. The summed E-state index contributed by atoms with van der Waals surface area (Å²) in [5, 5.41) is 0. The SMILES string of the molecule is CCCCCCCCC(=O)N(C)CCCCS(=O)(=O)[O-].[Na+]. The molecule has 120 valence electrons. The Morgan fingerprint density at radius 2 is 1.57 bits per heavy atom. The first-order chi connectivity index (χ1) is 9.37. The van der Waals surface area contributed by atoms with Crippen molar-refractivity contribution in [3.63, 3.8) is 0 Å². The van der Waals surface area contributed by atoms with Gasteiger partial charge in [0.05, 0.1) is 10.1 Å². The molecular formula is C14H28NNaO4S. The molecule has 0 heterocycles. The second-order valence-corrected chi connectivity index (χ2v) is 6.83. The van der Waals surface area contributed by atoms with Gasteiger partial charge < -0.3 is 9.45 Å². The van der Waals surface area contributed by atoms with E-state index in [1.807, 2.05) is 0 Å². The van der Waals surface area contributed by atoms with Crippen LogP contribution in [-0.4, -0.2) is 43.1 Å². The van der Waals surface area contributed by atoms with Gasteiger partial charge >= 0.3 is 29.6 Å². The van der Waals surface area contributed by atoms with Crippen LogP contribution in [0.25, 0.3) is 0 Å². The molecule has 0 aromatic carbocycles. The number of hydrogen-bond acceptors (Lipinski definition) is 4. The number of hydrogen-bond donors (Lipinski definition) is 0. The Kier molecular flexibility index (Phi) is 15.8. The van der Waals surface area contributed by atoms with Crippen molar-refractivity contribution in [1.29, 1.82) is 0 Å². The second kappa shape index (κ2) is 14.0. The zero-order valence-corrected chi connectivity index (χ0v) is 16.6. The molecule has 0 radical (unpaired) electrons. The van der Waals surface area contributed by atoms with E-state index in [4.69, 9.17) is 0 Å². The zero-order valence-electron chi connectivity index (χ0n) is 13.8. The Bertz CT molecular complexity index is 360. The molecule has 7 heteroatoms. The smallest absolute Gasteiger partial charge is 0.748 e. The molecule has 0 saturated heterocycles. The predicted octanol–water partition coefficient (Wildman–Crippen LogP) is -0.475. The Balaban J connectivity index is 0. The molecule has 0 fully saturated rings. The van der Waals surface area contributed by atoms with E-state index < -0.39 is 10.1 Å². The fourth-order valence-corrected chi connectivity index (χ4v) is 2.56. The van der Waals surface area contributed by atoms with Gasteiger partial charge in [-0.05, 0) is 19.3 Å². The number of rotatable bonds is 12. The van der Waals surface area contributed by atoms with Gasteiger partial charge in [-0.2, -0.15) is 0 Å². The molecule has 0 aromatic rings. The van der Waals surface area contributed by atoms with Crippen LogP contribution in [0.1, 0.15) is 64.7 Å². The summed E-state index contributed by atoms with van der Waals surface area (Å²) in [6.45, 7) is 2.70. The summed E-state index contributed by atoms with van der Waals surface area (Å²) < 4.78 is 31.3. The number of nitrogens with zero attached hydrogens (tertiary/aromatic N) is 1. The molecule has 0 rings (SSSR count). The van der Waals surface area contributed by atoms with E-state index in [2.05, 4.69) is 6.92 Å². The van der Waals surface area contributed by atoms with E-state index >= 15 is 0 Å². The summed E-state index contributed by atoms with van der Waals surface area (Å²) in [6, 6.07) is 0. The van der Waals surface area contributed by atoms with Crippen LogP contribution in [0, 0.1) is 0 Å².